The molecule has 0 spiro atoms. The first-order valence-corrected chi connectivity index (χ1v) is 0.728. The van der Waals surface area contributed by atoms with E-state index >= 15 is 0 Å². The predicted octanol–water partition coefficient (Wildman–Crippen LogP) is -0.505. The molecular formula is Ag2CsO. The van der Waals surface area contributed by atoms with Crippen molar-refractivity contribution in [2.24, 2.45) is 0 Å². The number of hydrogen-bond acceptors (Lipinski definition) is 1. The summed E-state index contributed by atoms with van der Waals surface area (Å²) in [5, 5.41) is 0. The molecule has 0 amide bonds. The van der Waals surface area contributed by atoms with Gasteiger partial charge in [0.2, 0.25) is 0 Å². The molecule has 0 unspecified atom stereocenters. The summed E-state index contributed by atoms with van der Waals surface area (Å²) in [4.78, 5) is 0. The van der Waals surface area contributed by atoms with Crippen LogP contribution in [0.5, 0.6) is 0 Å². The Hall–Kier alpha value is 3.33. The molecule has 0 fully saturated rings. The van der Waals surface area contributed by atoms with Crippen LogP contribution in [0.15, 0.2) is 0 Å². The Balaban J connectivity index is -0.00000000500. The summed E-state index contributed by atoms with van der Waals surface area (Å²) in [5.41, 5.74) is 0. The molecule has 0 aliphatic heterocycles. The van der Waals surface area contributed by atoms with E-state index < -0.39 is 0 Å². The summed E-state index contributed by atoms with van der Waals surface area (Å²) in [6.07, 6.45) is 0. The normalized spacial score (nSPS) is 1.50. The maximum atomic E-state index is 8.06. The van der Waals surface area contributed by atoms with Gasteiger partial charge in [0.1, 0.15) is 0 Å². The summed E-state index contributed by atoms with van der Waals surface area (Å²) in [5.74, 6) is 0. The van der Waals surface area contributed by atoms with Gasteiger partial charge in [0.05, 0.1) is 0 Å². The summed E-state index contributed by atoms with van der Waals surface area (Å²) in [6.45, 7) is 0. The summed E-state index contributed by atoms with van der Waals surface area (Å²) < 4.78 is 8.06. The van der Waals surface area contributed by atoms with E-state index in [0.29, 0.717) is 0 Å². The van der Waals surface area contributed by atoms with Crippen molar-refractivity contribution in [3.05, 3.63) is 0 Å². The van der Waals surface area contributed by atoms with Crippen molar-refractivity contribution in [3.8, 4) is 0 Å². The van der Waals surface area contributed by atoms with Gasteiger partial charge >= 0.3 is 24.3 Å². The van der Waals surface area contributed by atoms with Gasteiger partial charge in [-0.3, -0.25) is 0 Å². The molecule has 0 heterocycles. The van der Waals surface area contributed by atoms with Crippen molar-refractivity contribution in [2.75, 3.05) is 0 Å². The van der Waals surface area contributed by atoms with Crippen LogP contribution in [0, 0.1) is 0 Å². The first-order chi connectivity index (χ1) is 1.00. The Morgan fingerprint density at radius 3 is 1.25 bits per heavy atom. The number of rotatable bonds is 0. The fourth-order valence-corrected chi connectivity index (χ4v) is 0. The second-order valence-electron chi connectivity index (χ2n) is 0. The summed E-state index contributed by atoms with van der Waals surface area (Å²) in [6, 6.07) is 0. The molecule has 0 N–H and O–H groups in total. The zero-order valence-electron chi connectivity index (χ0n) is 2.01. The predicted molar refractivity (Wildman–Crippen MR) is 6.44 cm³/mol. The van der Waals surface area contributed by atoms with Gasteiger partial charge in [0.25, 0.3) is 0 Å². The van der Waals surface area contributed by atoms with Crippen molar-refractivity contribution < 1.29 is 46.7 Å². The average molecular weight is 365 g/mol. The van der Waals surface area contributed by atoms with Gasteiger partial charge in [-0.15, -0.1) is 0 Å². The minimum absolute atomic E-state index is 0. The average Bonchev–Trinajstić information content (AvgIpc) is 1.00. The Bertz CT molecular complexity index is 6.00. The van der Waals surface area contributed by atoms with Crippen molar-refractivity contribution in [2.45, 2.75) is 0 Å². The van der Waals surface area contributed by atoms with E-state index in [9.17, 15) is 0 Å². The molecule has 1 nitrogen and oxygen atoms in total. The molecule has 0 saturated carbocycles. The van der Waals surface area contributed by atoms with Crippen molar-refractivity contribution in [1.29, 1.82) is 0 Å². The second kappa shape index (κ2) is 16.2. The van der Waals surface area contributed by atoms with Gasteiger partial charge in [0, 0.05) is 91.3 Å². The van der Waals surface area contributed by atoms with Crippen molar-refractivity contribution in [3.63, 3.8) is 0 Å². The molecule has 0 aromatic carbocycles. The second-order valence-corrected chi connectivity index (χ2v) is 0. The van der Waals surface area contributed by atoms with E-state index in [1.807, 2.05) is 0 Å². The van der Waals surface area contributed by atoms with E-state index in [1.165, 1.54) is 0 Å². The van der Waals surface area contributed by atoms with E-state index in [4.69, 9.17) is 3.25 Å². The van der Waals surface area contributed by atoms with Gasteiger partial charge in [-0.05, 0) is 0 Å². The molecule has 0 saturated heterocycles. The maximum absolute atomic E-state index is 8.06. The standard InChI is InChI=1S/2Ag.Cs.O. The molecule has 0 aromatic heterocycles. The Morgan fingerprint density at radius 1 is 1.25 bits per heavy atom. The molecule has 0 atom stereocenters. The third-order valence-electron chi connectivity index (χ3n) is 0. The Labute approximate surface area is 112 Å². The molecule has 0 rings (SSSR count). The molecule has 2 radical (unpaired) electrons. The summed E-state index contributed by atoms with van der Waals surface area (Å²) >= 11 is 1.70. The Morgan fingerprint density at radius 2 is 1.25 bits per heavy atom. The van der Waals surface area contributed by atoms with Crippen LogP contribution in [-0.2, 0) is 46.7 Å². The quantitative estimate of drug-likeness (QED) is 0.530. The van der Waals surface area contributed by atoms with Crippen LogP contribution >= 0.6 is 0 Å². The van der Waals surface area contributed by atoms with Crippen molar-refractivity contribution >= 4 is 68.9 Å². The molecule has 4 heavy (non-hydrogen) atoms. The molecule has 0 aliphatic carbocycles. The van der Waals surface area contributed by atoms with Gasteiger partial charge in [-0.25, -0.2) is 0 Å². The van der Waals surface area contributed by atoms with E-state index in [2.05, 4.69) is 0 Å². The van der Waals surface area contributed by atoms with E-state index in [-0.39, 0.29) is 91.3 Å². The van der Waals surface area contributed by atoms with Crippen LogP contribution in [-0.4, -0.2) is 68.9 Å². The number of hydrogen-bond donors (Lipinski definition) is 0. The van der Waals surface area contributed by atoms with Crippen LogP contribution in [0.3, 0.4) is 0 Å². The van der Waals surface area contributed by atoms with E-state index in [1.54, 1.807) is 21.0 Å². The first kappa shape index (κ1) is 15.7. The molecule has 4 heteroatoms. The van der Waals surface area contributed by atoms with Gasteiger partial charge < -0.3 is 0 Å². The summed E-state index contributed by atoms with van der Waals surface area (Å²) in [7, 11) is 0. The van der Waals surface area contributed by atoms with Crippen LogP contribution in [0.4, 0.5) is 0 Å². The monoisotopic (exact) mass is 363 g/mol. The van der Waals surface area contributed by atoms with E-state index in [0.717, 1.165) is 0 Å². The van der Waals surface area contributed by atoms with Crippen LogP contribution in [0.1, 0.15) is 0 Å². The van der Waals surface area contributed by atoms with Gasteiger partial charge in [-0.2, -0.15) is 0 Å². The van der Waals surface area contributed by atoms with Gasteiger partial charge in [-0.1, -0.05) is 0 Å². The minimum atomic E-state index is 0. The third kappa shape index (κ3) is 9.01. The first-order valence-electron chi connectivity index (χ1n) is 0.123. The van der Waals surface area contributed by atoms with Crippen LogP contribution in [0.2, 0.25) is 0 Å². The fourth-order valence-electron chi connectivity index (χ4n) is 0. The fraction of sp³-hybridized carbons (Fsp3) is 0. The van der Waals surface area contributed by atoms with Crippen LogP contribution < -0.4 is 0 Å². The molecule has 29 valence electrons. The topological polar surface area (TPSA) is 17.1 Å². The SMILES string of the molecule is [Ag].[Cs].[O]=[Ag]. The molecule has 0 aliphatic rings. The van der Waals surface area contributed by atoms with Crippen molar-refractivity contribution in [1.82, 2.24) is 0 Å². The molecule has 0 bridgehead atoms. The zero-order chi connectivity index (χ0) is 2.00. The molecule has 0 aromatic rings. The zero-order valence-corrected chi connectivity index (χ0v) is 11.3. The third-order valence-corrected chi connectivity index (χ3v) is 0. The molecular weight excluding hydrogens is 365 g/mol. The Kier molecular flexibility index (Phi) is 63.5. The van der Waals surface area contributed by atoms with Gasteiger partial charge in [0.15, 0.2) is 0 Å². The van der Waals surface area contributed by atoms with Crippen LogP contribution in [0.25, 0.3) is 0 Å².